The molecule has 140 valence electrons. The molecule has 0 bridgehead atoms. The predicted molar refractivity (Wildman–Crippen MR) is 105 cm³/mol. The summed E-state index contributed by atoms with van der Waals surface area (Å²) in [5, 5.41) is 3.16. The maximum absolute atomic E-state index is 12.1. The third-order valence-electron chi connectivity index (χ3n) is 5.02. The zero-order valence-electron chi connectivity index (χ0n) is 16.3. The Bertz CT molecular complexity index is 521. The van der Waals surface area contributed by atoms with E-state index in [0.29, 0.717) is 13.0 Å². The van der Waals surface area contributed by atoms with Crippen LogP contribution in [-0.4, -0.2) is 69.6 Å². The van der Waals surface area contributed by atoms with Crippen LogP contribution in [0.5, 0.6) is 0 Å². The van der Waals surface area contributed by atoms with E-state index in [1.807, 2.05) is 0 Å². The highest BCUT2D eigenvalue weighted by atomic mass is 16.1. The van der Waals surface area contributed by atoms with Gasteiger partial charge in [-0.2, -0.15) is 0 Å². The molecule has 1 amide bonds. The Morgan fingerprint density at radius 2 is 1.80 bits per heavy atom. The summed E-state index contributed by atoms with van der Waals surface area (Å²) in [4.78, 5) is 19.1. The molecule has 5 heteroatoms. The molecule has 2 rings (SSSR count). The molecule has 0 aliphatic carbocycles. The normalized spacial score (nSPS) is 17.3. The number of anilines is 1. The minimum atomic E-state index is 0.172. The van der Waals surface area contributed by atoms with E-state index in [0.717, 1.165) is 39.0 Å². The maximum atomic E-state index is 12.1. The van der Waals surface area contributed by atoms with Gasteiger partial charge < -0.3 is 15.1 Å². The highest BCUT2D eigenvalue weighted by Gasteiger charge is 2.24. The molecule has 1 saturated heterocycles. The van der Waals surface area contributed by atoms with Crippen LogP contribution in [-0.2, 0) is 4.79 Å². The second-order valence-corrected chi connectivity index (χ2v) is 7.25. The van der Waals surface area contributed by atoms with Gasteiger partial charge in [-0.25, -0.2) is 0 Å². The van der Waals surface area contributed by atoms with Crippen LogP contribution in [0.15, 0.2) is 24.3 Å². The van der Waals surface area contributed by atoms with E-state index < -0.39 is 0 Å². The van der Waals surface area contributed by atoms with Gasteiger partial charge >= 0.3 is 0 Å². The van der Waals surface area contributed by atoms with E-state index in [-0.39, 0.29) is 11.9 Å². The number of likely N-dealkylation sites (N-methyl/N-ethyl adjacent to an activating group) is 1. The van der Waals surface area contributed by atoms with Crippen molar-refractivity contribution in [3.63, 3.8) is 0 Å². The molecular weight excluding hydrogens is 312 g/mol. The van der Waals surface area contributed by atoms with Crippen LogP contribution in [0, 0.1) is 0 Å². The van der Waals surface area contributed by atoms with E-state index >= 15 is 0 Å². The fraction of sp³-hybridized carbons (Fsp3) is 0.650. The number of carbonyl (C=O) groups excluding carboxylic acids is 1. The predicted octanol–water partition coefficient (Wildman–Crippen LogP) is 2.35. The van der Waals surface area contributed by atoms with Gasteiger partial charge in [0.25, 0.3) is 0 Å². The van der Waals surface area contributed by atoms with Crippen molar-refractivity contribution < 1.29 is 4.79 Å². The standard InChI is InChI=1S/C20H34N4O/c1-5-6-7-20(25)21-16-19(24-14-12-23(4)13-15-24)17-8-10-18(11-9-17)22(2)3/h8-11,19H,5-7,12-16H2,1-4H3,(H,21,25). The number of nitrogens with zero attached hydrogens (tertiary/aromatic N) is 3. The summed E-state index contributed by atoms with van der Waals surface area (Å²) in [6.07, 6.45) is 2.65. The van der Waals surface area contributed by atoms with Crippen molar-refractivity contribution >= 4 is 11.6 Å². The molecule has 0 aromatic heterocycles. The molecule has 1 aliphatic heterocycles. The summed E-state index contributed by atoms with van der Waals surface area (Å²) in [5.41, 5.74) is 2.49. The number of unbranched alkanes of at least 4 members (excludes halogenated alkanes) is 1. The number of hydrogen-bond acceptors (Lipinski definition) is 4. The maximum Gasteiger partial charge on any atom is 0.220 e. The van der Waals surface area contributed by atoms with Gasteiger partial charge in [0, 0.05) is 58.9 Å². The Labute approximate surface area is 153 Å². The quantitative estimate of drug-likeness (QED) is 0.784. The second kappa shape index (κ2) is 9.78. The largest absolute Gasteiger partial charge is 0.378 e. The first-order valence-corrected chi connectivity index (χ1v) is 9.47. The Morgan fingerprint density at radius 1 is 1.16 bits per heavy atom. The van der Waals surface area contributed by atoms with E-state index in [1.54, 1.807) is 0 Å². The van der Waals surface area contributed by atoms with E-state index in [2.05, 4.69) is 72.3 Å². The molecule has 1 aromatic carbocycles. The smallest absolute Gasteiger partial charge is 0.220 e. The van der Waals surface area contributed by atoms with Crippen molar-refractivity contribution in [1.29, 1.82) is 0 Å². The molecule has 1 aliphatic rings. The van der Waals surface area contributed by atoms with Crippen LogP contribution in [0.3, 0.4) is 0 Å². The van der Waals surface area contributed by atoms with Gasteiger partial charge in [0.1, 0.15) is 0 Å². The lowest BCUT2D eigenvalue weighted by Crippen LogP contribution is -2.48. The number of piperazine rings is 1. The third kappa shape index (κ3) is 6.01. The van der Waals surface area contributed by atoms with Crippen molar-refractivity contribution in [1.82, 2.24) is 15.1 Å². The van der Waals surface area contributed by atoms with Crippen LogP contribution < -0.4 is 10.2 Å². The number of benzene rings is 1. The molecule has 0 radical (unpaired) electrons. The topological polar surface area (TPSA) is 38.8 Å². The average molecular weight is 347 g/mol. The molecule has 1 N–H and O–H groups in total. The molecule has 25 heavy (non-hydrogen) atoms. The van der Waals surface area contributed by atoms with Crippen molar-refractivity contribution in [2.24, 2.45) is 0 Å². The van der Waals surface area contributed by atoms with Crippen LogP contribution in [0.2, 0.25) is 0 Å². The third-order valence-corrected chi connectivity index (χ3v) is 5.02. The second-order valence-electron chi connectivity index (χ2n) is 7.25. The van der Waals surface area contributed by atoms with Gasteiger partial charge in [-0.3, -0.25) is 9.69 Å². The minimum absolute atomic E-state index is 0.172. The number of rotatable bonds is 8. The molecule has 0 spiro atoms. The molecule has 1 fully saturated rings. The van der Waals surface area contributed by atoms with Gasteiger partial charge in [-0.1, -0.05) is 25.5 Å². The van der Waals surface area contributed by atoms with Crippen LogP contribution in [0.25, 0.3) is 0 Å². The van der Waals surface area contributed by atoms with Crippen LogP contribution in [0.1, 0.15) is 37.8 Å². The molecular formula is C20H34N4O. The van der Waals surface area contributed by atoms with E-state index in [4.69, 9.17) is 0 Å². The van der Waals surface area contributed by atoms with Crippen molar-refractivity contribution in [2.75, 3.05) is 58.8 Å². The first-order chi connectivity index (χ1) is 12.0. The zero-order chi connectivity index (χ0) is 18.2. The van der Waals surface area contributed by atoms with Crippen molar-refractivity contribution in [3.05, 3.63) is 29.8 Å². The van der Waals surface area contributed by atoms with Gasteiger partial charge in [0.15, 0.2) is 0 Å². The monoisotopic (exact) mass is 346 g/mol. The molecule has 0 saturated carbocycles. The fourth-order valence-electron chi connectivity index (χ4n) is 3.22. The lowest BCUT2D eigenvalue weighted by atomic mass is 10.0. The molecule has 1 atom stereocenters. The Morgan fingerprint density at radius 3 is 2.36 bits per heavy atom. The first-order valence-electron chi connectivity index (χ1n) is 9.47. The summed E-state index contributed by atoms with van der Waals surface area (Å²) in [6, 6.07) is 8.98. The lowest BCUT2D eigenvalue weighted by Gasteiger charge is -2.38. The number of carbonyl (C=O) groups is 1. The summed E-state index contributed by atoms with van der Waals surface area (Å²) in [6.45, 7) is 7.05. The molecule has 1 heterocycles. The van der Waals surface area contributed by atoms with E-state index in [9.17, 15) is 4.79 Å². The van der Waals surface area contributed by atoms with Crippen molar-refractivity contribution in [3.8, 4) is 0 Å². The van der Waals surface area contributed by atoms with E-state index in [1.165, 1.54) is 11.3 Å². The Balaban J connectivity index is 2.06. The van der Waals surface area contributed by atoms with Crippen molar-refractivity contribution in [2.45, 2.75) is 32.2 Å². The zero-order valence-corrected chi connectivity index (χ0v) is 16.3. The highest BCUT2D eigenvalue weighted by molar-refractivity contribution is 5.75. The number of amides is 1. The fourth-order valence-corrected chi connectivity index (χ4v) is 3.22. The van der Waals surface area contributed by atoms with Gasteiger partial charge in [0.05, 0.1) is 6.04 Å². The lowest BCUT2D eigenvalue weighted by molar-refractivity contribution is -0.121. The summed E-state index contributed by atoms with van der Waals surface area (Å²) >= 11 is 0. The average Bonchev–Trinajstić information content (AvgIpc) is 2.62. The SMILES string of the molecule is CCCCC(=O)NCC(c1ccc(N(C)C)cc1)N1CCN(C)CC1. The van der Waals surface area contributed by atoms with Crippen LogP contribution >= 0.6 is 0 Å². The van der Waals surface area contributed by atoms with Gasteiger partial charge in [0.2, 0.25) is 5.91 Å². The molecule has 5 nitrogen and oxygen atoms in total. The Kier molecular flexibility index (Phi) is 7.72. The number of hydrogen-bond donors (Lipinski definition) is 1. The summed E-state index contributed by atoms with van der Waals surface area (Å²) < 4.78 is 0. The molecule has 1 unspecified atom stereocenters. The summed E-state index contributed by atoms with van der Waals surface area (Å²) in [7, 11) is 6.28. The number of nitrogens with one attached hydrogen (secondary N) is 1. The first kappa shape index (κ1) is 19.7. The van der Waals surface area contributed by atoms with Crippen LogP contribution in [0.4, 0.5) is 5.69 Å². The summed E-state index contributed by atoms with van der Waals surface area (Å²) in [5.74, 6) is 0.172. The minimum Gasteiger partial charge on any atom is -0.378 e. The van der Waals surface area contributed by atoms with Gasteiger partial charge in [-0.05, 0) is 31.2 Å². The highest BCUT2D eigenvalue weighted by Crippen LogP contribution is 2.24. The molecule has 1 aromatic rings. The van der Waals surface area contributed by atoms with Gasteiger partial charge in [-0.15, -0.1) is 0 Å². The Hall–Kier alpha value is -1.59.